The normalized spacial score (nSPS) is 13.5. The Hall–Kier alpha value is -3.77. The molecule has 0 spiro atoms. The van der Waals surface area contributed by atoms with E-state index in [-0.39, 0.29) is 17.2 Å². The maximum atomic E-state index is 13.0. The van der Waals surface area contributed by atoms with Crippen LogP contribution in [0, 0.1) is 21.4 Å². The molecule has 0 saturated heterocycles. The molecule has 1 fully saturated rings. The number of nitriles is 1. The number of nitro groups is 1. The number of amides is 1. The van der Waals surface area contributed by atoms with Crippen LogP contribution in [0.3, 0.4) is 0 Å². The van der Waals surface area contributed by atoms with Crippen LogP contribution in [0.4, 0.5) is 11.6 Å². The van der Waals surface area contributed by atoms with Crippen molar-refractivity contribution in [2.24, 2.45) is 0 Å². The number of aromatic nitrogens is 2. The Kier molecular flexibility index (Phi) is 6.42. The Bertz CT molecular complexity index is 1200. The standard InChI is InChI=1S/C23H19N5O3S/c24-12-16-7-3-4-8-20(16)32-21-10-9-18(28(30)31)11-19(21)22(29)27-23-25-13-17(14-26-23)15-5-1-2-6-15/h3-4,7-11,13-15H,1-2,5-6H2,(H,25,26,27,29). The number of carbonyl (C=O) groups excluding carboxylic acids is 1. The van der Waals surface area contributed by atoms with Gasteiger partial charge in [-0.05, 0) is 42.5 Å². The number of carbonyl (C=O) groups is 1. The van der Waals surface area contributed by atoms with Gasteiger partial charge >= 0.3 is 0 Å². The van der Waals surface area contributed by atoms with Gasteiger partial charge in [-0.3, -0.25) is 20.2 Å². The number of nitrogens with one attached hydrogen (secondary N) is 1. The van der Waals surface area contributed by atoms with Crippen molar-refractivity contribution in [2.45, 2.75) is 41.4 Å². The highest BCUT2D eigenvalue weighted by atomic mass is 32.2. The molecule has 0 bridgehead atoms. The summed E-state index contributed by atoms with van der Waals surface area (Å²) in [6.07, 6.45) is 8.09. The van der Waals surface area contributed by atoms with E-state index >= 15 is 0 Å². The lowest BCUT2D eigenvalue weighted by molar-refractivity contribution is -0.384. The number of hydrogen-bond donors (Lipinski definition) is 1. The average Bonchev–Trinajstić information content (AvgIpc) is 3.35. The van der Waals surface area contributed by atoms with Gasteiger partial charge in [0.05, 0.1) is 16.1 Å². The monoisotopic (exact) mass is 445 g/mol. The van der Waals surface area contributed by atoms with Crippen molar-refractivity contribution in [2.75, 3.05) is 5.32 Å². The Balaban J connectivity index is 1.60. The molecule has 160 valence electrons. The molecule has 0 unspecified atom stereocenters. The quantitative estimate of drug-likeness (QED) is 0.402. The number of benzene rings is 2. The maximum Gasteiger partial charge on any atom is 0.270 e. The van der Waals surface area contributed by atoms with Crippen LogP contribution >= 0.6 is 11.8 Å². The number of hydrogen-bond acceptors (Lipinski definition) is 7. The second kappa shape index (κ2) is 9.58. The van der Waals surface area contributed by atoms with E-state index in [0.717, 1.165) is 18.4 Å². The minimum Gasteiger partial charge on any atom is -0.290 e. The van der Waals surface area contributed by atoms with E-state index < -0.39 is 10.8 Å². The Morgan fingerprint density at radius 1 is 1.12 bits per heavy atom. The highest BCUT2D eigenvalue weighted by Gasteiger charge is 2.21. The van der Waals surface area contributed by atoms with Crippen molar-refractivity contribution in [1.82, 2.24) is 9.97 Å². The molecule has 1 N–H and O–H groups in total. The predicted molar refractivity (Wildman–Crippen MR) is 120 cm³/mol. The zero-order valence-electron chi connectivity index (χ0n) is 17.0. The summed E-state index contributed by atoms with van der Waals surface area (Å²) in [6, 6.07) is 13.1. The molecular weight excluding hydrogens is 426 g/mol. The van der Waals surface area contributed by atoms with Gasteiger partial charge in [0.1, 0.15) is 6.07 Å². The lowest BCUT2D eigenvalue weighted by Gasteiger charge is -2.11. The fourth-order valence-corrected chi connectivity index (χ4v) is 4.71. The van der Waals surface area contributed by atoms with Crippen LogP contribution < -0.4 is 5.32 Å². The van der Waals surface area contributed by atoms with E-state index in [2.05, 4.69) is 21.4 Å². The molecule has 0 atom stereocenters. The molecule has 8 nitrogen and oxygen atoms in total. The van der Waals surface area contributed by atoms with E-state index in [9.17, 15) is 20.2 Å². The summed E-state index contributed by atoms with van der Waals surface area (Å²) in [5, 5.41) is 23.2. The SMILES string of the molecule is N#Cc1ccccc1Sc1ccc([N+](=O)[O-])cc1C(=O)Nc1ncc(C2CCCC2)cn1. The second-order valence-electron chi connectivity index (χ2n) is 7.42. The van der Waals surface area contributed by atoms with Crippen molar-refractivity contribution in [3.8, 4) is 6.07 Å². The zero-order valence-corrected chi connectivity index (χ0v) is 17.8. The Morgan fingerprint density at radius 2 is 1.84 bits per heavy atom. The molecule has 3 aromatic rings. The van der Waals surface area contributed by atoms with Gasteiger partial charge in [0.25, 0.3) is 11.6 Å². The van der Waals surface area contributed by atoms with Crippen molar-refractivity contribution in [3.05, 3.63) is 81.7 Å². The molecule has 4 rings (SSSR count). The van der Waals surface area contributed by atoms with Crippen LogP contribution in [0.25, 0.3) is 0 Å². The summed E-state index contributed by atoms with van der Waals surface area (Å²) in [6.45, 7) is 0. The second-order valence-corrected chi connectivity index (χ2v) is 8.51. The molecule has 2 aromatic carbocycles. The minimum atomic E-state index is -0.556. The highest BCUT2D eigenvalue weighted by molar-refractivity contribution is 7.99. The first-order chi connectivity index (χ1) is 15.5. The van der Waals surface area contributed by atoms with Gasteiger partial charge in [0.2, 0.25) is 5.95 Å². The summed E-state index contributed by atoms with van der Waals surface area (Å²) in [7, 11) is 0. The van der Waals surface area contributed by atoms with Crippen molar-refractivity contribution in [3.63, 3.8) is 0 Å². The van der Waals surface area contributed by atoms with Crippen LogP contribution in [0.5, 0.6) is 0 Å². The fourth-order valence-electron chi connectivity index (χ4n) is 3.71. The molecule has 1 saturated carbocycles. The van der Waals surface area contributed by atoms with Gasteiger partial charge in [0.15, 0.2) is 0 Å². The lowest BCUT2D eigenvalue weighted by atomic mass is 10.0. The number of nitro benzene ring substituents is 1. The third-order valence-electron chi connectivity index (χ3n) is 5.37. The predicted octanol–water partition coefficient (Wildman–Crippen LogP) is 5.32. The van der Waals surface area contributed by atoms with Gasteiger partial charge < -0.3 is 0 Å². The van der Waals surface area contributed by atoms with Gasteiger partial charge in [-0.1, -0.05) is 36.7 Å². The van der Waals surface area contributed by atoms with Crippen LogP contribution in [0.2, 0.25) is 0 Å². The van der Waals surface area contributed by atoms with E-state index in [4.69, 9.17) is 0 Å². The number of anilines is 1. The molecular formula is C23H19N5O3S. The Labute approximate surface area is 188 Å². The van der Waals surface area contributed by atoms with Crippen LogP contribution in [0.1, 0.15) is 53.1 Å². The molecule has 1 amide bonds. The third kappa shape index (κ3) is 4.76. The van der Waals surface area contributed by atoms with Gasteiger partial charge in [0, 0.05) is 34.3 Å². The van der Waals surface area contributed by atoms with E-state index in [1.165, 1.54) is 42.8 Å². The van der Waals surface area contributed by atoms with Gasteiger partial charge in [-0.15, -0.1) is 0 Å². The third-order valence-corrected chi connectivity index (χ3v) is 6.52. The number of nitrogens with zero attached hydrogens (tertiary/aromatic N) is 4. The van der Waals surface area contributed by atoms with Crippen molar-refractivity contribution < 1.29 is 9.72 Å². The molecule has 0 radical (unpaired) electrons. The zero-order chi connectivity index (χ0) is 22.5. The molecule has 1 heterocycles. The average molecular weight is 446 g/mol. The number of rotatable bonds is 6. The molecule has 9 heteroatoms. The first-order valence-electron chi connectivity index (χ1n) is 10.1. The lowest BCUT2D eigenvalue weighted by Crippen LogP contribution is -2.15. The van der Waals surface area contributed by atoms with Crippen molar-refractivity contribution >= 4 is 29.3 Å². The molecule has 1 aromatic heterocycles. The van der Waals surface area contributed by atoms with Crippen LogP contribution in [0.15, 0.2) is 64.6 Å². The van der Waals surface area contributed by atoms with E-state index in [1.54, 1.807) is 36.7 Å². The smallest absolute Gasteiger partial charge is 0.270 e. The van der Waals surface area contributed by atoms with E-state index in [1.807, 2.05) is 0 Å². The largest absolute Gasteiger partial charge is 0.290 e. The maximum absolute atomic E-state index is 13.0. The number of non-ortho nitro benzene ring substituents is 1. The minimum absolute atomic E-state index is 0.111. The molecule has 1 aliphatic carbocycles. The summed E-state index contributed by atoms with van der Waals surface area (Å²) >= 11 is 1.20. The topological polar surface area (TPSA) is 122 Å². The Morgan fingerprint density at radius 3 is 2.53 bits per heavy atom. The summed E-state index contributed by atoms with van der Waals surface area (Å²) in [4.78, 5) is 33.4. The molecule has 32 heavy (non-hydrogen) atoms. The van der Waals surface area contributed by atoms with Crippen LogP contribution in [-0.2, 0) is 0 Å². The van der Waals surface area contributed by atoms with Crippen molar-refractivity contribution in [1.29, 1.82) is 5.26 Å². The van der Waals surface area contributed by atoms with E-state index in [0.29, 0.717) is 21.3 Å². The summed E-state index contributed by atoms with van der Waals surface area (Å²) in [5.74, 6) is 0.0376. The summed E-state index contributed by atoms with van der Waals surface area (Å²) < 4.78 is 0. The fraction of sp³-hybridized carbons (Fsp3) is 0.217. The molecule has 0 aliphatic heterocycles. The highest BCUT2D eigenvalue weighted by Crippen LogP contribution is 2.35. The first-order valence-corrected chi connectivity index (χ1v) is 11.0. The van der Waals surface area contributed by atoms with Gasteiger partial charge in [-0.25, -0.2) is 9.97 Å². The first kappa shape index (κ1) is 21.5. The van der Waals surface area contributed by atoms with Gasteiger partial charge in [-0.2, -0.15) is 5.26 Å². The summed E-state index contributed by atoms with van der Waals surface area (Å²) in [5.41, 5.74) is 1.42. The van der Waals surface area contributed by atoms with Crippen LogP contribution in [-0.4, -0.2) is 20.8 Å². The molecule has 1 aliphatic rings.